The van der Waals surface area contributed by atoms with E-state index >= 15 is 0 Å². The molecule has 1 heterocycles. The highest BCUT2D eigenvalue weighted by Crippen LogP contribution is 2.24. The highest BCUT2D eigenvalue weighted by Gasteiger charge is 2.39. The number of rotatable bonds is 3. The van der Waals surface area contributed by atoms with Crippen LogP contribution >= 0.6 is 0 Å². The Morgan fingerprint density at radius 3 is 2.67 bits per heavy atom. The smallest absolute Gasteiger partial charge is 0.314 e. The monoisotopic (exact) mass is 223 g/mol. The van der Waals surface area contributed by atoms with Crippen molar-refractivity contribution in [1.82, 2.24) is 5.32 Å². The van der Waals surface area contributed by atoms with Crippen molar-refractivity contribution in [1.29, 1.82) is 0 Å². The predicted molar refractivity (Wildman–Crippen MR) is 50.5 cm³/mol. The molecule has 1 rings (SSSR count). The third kappa shape index (κ3) is 3.81. The lowest BCUT2D eigenvalue weighted by atomic mass is 9.88. The molecule has 0 aliphatic carbocycles. The van der Waals surface area contributed by atoms with Gasteiger partial charge in [-0.1, -0.05) is 13.3 Å². The Morgan fingerprint density at radius 2 is 2.13 bits per heavy atom. The molecular formula is C10H16F3NO. The van der Waals surface area contributed by atoms with Crippen LogP contribution in [0.15, 0.2) is 0 Å². The van der Waals surface area contributed by atoms with Crippen LogP contribution in [0.25, 0.3) is 0 Å². The number of hydrogen-bond acceptors (Lipinski definition) is 2. The third-order valence-electron chi connectivity index (χ3n) is 2.93. The van der Waals surface area contributed by atoms with Crippen molar-refractivity contribution in [2.24, 2.45) is 5.92 Å². The number of Topliss-reactive ketones (excluding diaryl/α,β-unsaturated/α-hetero) is 1. The van der Waals surface area contributed by atoms with Crippen LogP contribution < -0.4 is 5.32 Å². The largest absolute Gasteiger partial charge is 0.450 e. The average Bonchev–Trinajstić information content (AvgIpc) is 2.16. The van der Waals surface area contributed by atoms with E-state index in [9.17, 15) is 18.0 Å². The molecule has 0 saturated carbocycles. The van der Waals surface area contributed by atoms with Gasteiger partial charge in [-0.05, 0) is 25.3 Å². The van der Waals surface area contributed by atoms with Crippen LogP contribution in [-0.2, 0) is 4.79 Å². The number of carbonyl (C=O) groups excluding carboxylic acids is 1. The summed E-state index contributed by atoms with van der Waals surface area (Å²) in [5, 5.41) is 2.97. The van der Waals surface area contributed by atoms with E-state index in [1.54, 1.807) is 0 Å². The Hall–Kier alpha value is -0.580. The molecule has 0 spiro atoms. The lowest BCUT2D eigenvalue weighted by Crippen LogP contribution is -2.41. The maximum absolute atomic E-state index is 12.0. The van der Waals surface area contributed by atoms with Gasteiger partial charge >= 0.3 is 6.18 Å². The van der Waals surface area contributed by atoms with Gasteiger partial charge in [0, 0.05) is 12.5 Å². The van der Waals surface area contributed by atoms with E-state index < -0.39 is 18.4 Å². The maximum Gasteiger partial charge on any atom is 0.450 e. The second-order valence-electron chi connectivity index (χ2n) is 4.07. The molecule has 15 heavy (non-hydrogen) atoms. The number of alkyl halides is 3. The summed E-state index contributed by atoms with van der Waals surface area (Å²) in [6, 6.07) is -0.294. The Bertz CT molecular complexity index is 227. The summed E-state index contributed by atoms with van der Waals surface area (Å²) < 4.78 is 36.0. The molecule has 2 unspecified atom stereocenters. The van der Waals surface area contributed by atoms with Crippen molar-refractivity contribution in [3.8, 4) is 0 Å². The van der Waals surface area contributed by atoms with Crippen LogP contribution in [0.2, 0.25) is 0 Å². The van der Waals surface area contributed by atoms with Gasteiger partial charge < -0.3 is 5.32 Å². The average molecular weight is 223 g/mol. The quantitative estimate of drug-likeness (QED) is 0.795. The van der Waals surface area contributed by atoms with E-state index in [1.807, 2.05) is 6.92 Å². The molecule has 0 radical (unpaired) electrons. The summed E-state index contributed by atoms with van der Waals surface area (Å²) >= 11 is 0. The number of ketones is 1. The van der Waals surface area contributed by atoms with Crippen molar-refractivity contribution in [3.63, 3.8) is 0 Å². The van der Waals surface area contributed by atoms with E-state index in [0.29, 0.717) is 18.9 Å². The zero-order valence-electron chi connectivity index (χ0n) is 8.73. The van der Waals surface area contributed by atoms with Crippen LogP contribution in [0.1, 0.15) is 32.6 Å². The minimum atomic E-state index is -4.68. The molecule has 0 aromatic carbocycles. The van der Waals surface area contributed by atoms with Crippen LogP contribution in [0.5, 0.6) is 0 Å². The fourth-order valence-electron chi connectivity index (χ4n) is 1.96. The summed E-state index contributed by atoms with van der Waals surface area (Å²) in [4.78, 5) is 10.8. The van der Waals surface area contributed by atoms with Crippen molar-refractivity contribution in [2.75, 3.05) is 6.54 Å². The Morgan fingerprint density at radius 1 is 1.47 bits per heavy atom. The Labute approximate surface area is 87.2 Å². The summed E-state index contributed by atoms with van der Waals surface area (Å²) in [7, 11) is 0. The van der Waals surface area contributed by atoms with Gasteiger partial charge in [0.2, 0.25) is 5.78 Å². The van der Waals surface area contributed by atoms with Crippen LogP contribution in [0.4, 0.5) is 13.2 Å². The van der Waals surface area contributed by atoms with Crippen molar-refractivity contribution < 1.29 is 18.0 Å². The minimum absolute atomic E-state index is 0.294. The second kappa shape index (κ2) is 4.96. The Kier molecular flexibility index (Phi) is 4.13. The SMILES string of the molecule is CCC1CCNC(CC(=O)C(F)(F)F)C1. The first-order valence-corrected chi connectivity index (χ1v) is 5.27. The highest BCUT2D eigenvalue weighted by atomic mass is 19.4. The van der Waals surface area contributed by atoms with E-state index in [4.69, 9.17) is 0 Å². The first kappa shape index (κ1) is 12.5. The second-order valence-corrected chi connectivity index (χ2v) is 4.07. The molecule has 1 aliphatic rings. The van der Waals surface area contributed by atoms with E-state index in [1.165, 1.54) is 0 Å². The number of carbonyl (C=O) groups is 1. The molecule has 88 valence electrons. The summed E-state index contributed by atoms with van der Waals surface area (Å²) in [5.74, 6) is -1.16. The van der Waals surface area contributed by atoms with Gasteiger partial charge in [0.05, 0.1) is 0 Å². The zero-order valence-corrected chi connectivity index (χ0v) is 8.73. The highest BCUT2D eigenvalue weighted by molar-refractivity contribution is 5.84. The molecule has 1 saturated heterocycles. The zero-order chi connectivity index (χ0) is 11.5. The topological polar surface area (TPSA) is 29.1 Å². The van der Waals surface area contributed by atoms with Gasteiger partial charge in [-0.15, -0.1) is 0 Å². The van der Waals surface area contributed by atoms with Crippen LogP contribution in [-0.4, -0.2) is 24.5 Å². The lowest BCUT2D eigenvalue weighted by Gasteiger charge is -2.29. The molecule has 0 aromatic rings. The normalized spacial score (nSPS) is 27.7. The number of nitrogens with one attached hydrogen (secondary N) is 1. The fraction of sp³-hybridized carbons (Fsp3) is 0.900. The molecular weight excluding hydrogens is 207 g/mol. The molecule has 1 N–H and O–H groups in total. The molecule has 0 bridgehead atoms. The summed E-state index contributed by atoms with van der Waals surface area (Å²) in [6.07, 6.45) is -2.45. The first-order chi connectivity index (χ1) is 6.93. The first-order valence-electron chi connectivity index (χ1n) is 5.27. The summed E-state index contributed by atoms with van der Waals surface area (Å²) in [6.45, 7) is 2.74. The standard InChI is InChI=1S/C10H16F3NO/c1-2-7-3-4-14-8(5-7)6-9(15)10(11,12)13/h7-8,14H,2-6H2,1H3. The number of halogens is 3. The third-order valence-corrected chi connectivity index (χ3v) is 2.93. The van der Waals surface area contributed by atoms with E-state index in [-0.39, 0.29) is 6.04 Å². The molecule has 5 heteroatoms. The minimum Gasteiger partial charge on any atom is -0.314 e. The van der Waals surface area contributed by atoms with Crippen molar-refractivity contribution in [3.05, 3.63) is 0 Å². The predicted octanol–water partition coefficient (Wildman–Crippen LogP) is 2.29. The molecule has 1 fully saturated rings. The Balaban J connectivity index is 2.41. The van der Waals surface area contributed by atoms with Crippen molar-refractivity contribution in [2.45, 2.75) is 44.8 Å². The van der Waals surface area contributed by atoms with Gasteiger partial charge in [0.1, 0.15) is 0 Å². The van der Waals surface area contributed by atoms with Gasteiger partial charge in [0.25, 0.3) is 0 Å². The van der Waals surface area contributed by atoms with E-state index in [2.05, 4.69) is 5.32 Å². The molecule has 2 atom stereocenters. The van der Waals surface area contributed by atoms with Gasteiger partial charge in [-0.3, -0.25) is 4.79 Å². The molecule has 2 nitrogen and oxygen atoms in total. The van der Waals surface area contributed by atoms with Gasteiger partial charge in [-0.25, -0.2) is 0 Å². The van der Waals surface area contributed by atoms with Gasteiger partial charge in [-0.2, -0.15) is 13.2 Å². The summed E-state index contributed by atoms with van der Waals surface area (Å²) in [5.41, 5.74) is 0. The van der Waals surface area contributed by atoms with Gasteiger partial charge in [0.15, 0.2) is 0 Å². The maximum atomic E-state index is 12.0. The molecule has 0 amide bonds. The molecule has 1 aliphatic heterocycles. The number of piperidine rings is 1. The van der Waals surface area contributed by atoms with Crippen LogP contribution in [0, 0.1) is 5.92 Å². The fourth-order valence-corrected chi connectivity index (χ4v) is 1.96. The lowest BCUT2D eigenvalue weighted by molar-refractivity contribution is -0.171. The molecule has 0 aromatic heterocycles. The number of hydrogen-bond donors (Lipinski definition) is 1. The van der Waals surface area contributed by atoms with E-state index in [0.717, 1.165) is 12.8 Å². The van der Waals surface area contributed by atoms with Crippen molar-refractivity contribution >= 4 is 5.78 Å². The van der Waals surface area contributed by atoms with Crippen LogP contribution in [0.3, 0.4) is 0 Å².